The normalized spacial score (nSPS) is 14.4. The molecule has 2 amide bonds. The lowest BCUT2D eigenvalue weighted by atomic mass is 10.0. The summed E-state index contributed by atoms with van der Waals surface area (Å²) in [7, 11) is -3.60. The molecular formula is C33H40ClN3O4S. The molecule has 0 heterocycles. The van der Waals surface area contributed by atoms with Crippen LogP contribution >= 0.6 is 11.6 Å². The molecule has 1 atom stereocenters. The second kappa shape index (κ2) is 14.7. The van der Waals surface area contributed by atoms with Gasteiger partial charge in [-0.15, -0.1) is 0 Å². The molecular weight excluding hydrogens is 570 g/mol. The van der Waals surface area contributed by atoms with Crippen LogP contribution in [0.4, 0.5) is 5.69 Å². The highest BCUT2D eigenvalue weighted by atomic mass is 35.5. The highest BCUT2D eigenvalue weighted by Crippen LogP contribution is 2.24. The Balaban J connectivity index is 1.59. The van der Waals surface area contributed by atoms with Crippen LogP contribution in [0.15, 0.2) is 78.9 Å². The van der Waals surface area contributed by atoms with Gasteiger partial charge in [-0.25, -0.2) is 8.42 Å². The predicted molar refractivity (Wildman–Crippen MR) is 169 cm³/mol. The molecule has 1 fully saturated rings. The van der Waals surface area contributed by atoms with E-state index in [4.69, 9.17) is 11.6 Å². The second-order valence-electron chi connectivity index (χ2n) is 11.1. The summed E-state index contributed by atoms with van der Waals surface area (Å²) in [5, 5.41) is 3.65. The van der Waals surface area contributed by atoms with Crippen molar-refractivity contribution >= 4 is 39.1 Å². The van der Waals surface area contributed by atoms with Crippen molar-refractivity contribution in [2.75, 3.05) is 17.1 Å². The quantitative estimate of drug-likeness (QED) is 0.262. The molecule has 1 saturated carbocycles. The van der Waals surface area contributed by atoms with Crippen LogP contribution in [0.2, 0.25) is 5.02 Å². The van der Waals surface area contributed by atoms with E-state index >= 15 is 0 Å². The monoisotopic (exact) mass is 609 g/mol. The number of hydrogen-bond donors (Lipinski definition) is 1. The van der Waals surface area contributed by atoms with Gasteiger partial charge < -0.3 is 10.2 Å². The van der Waals surface area contributed by atoms with Gasteiger partial charge in [-0.2, -0.15) is 0 Å². The van der Waals surface area contributed by atoms with Crippen LogP contribution in [0.25, 0.3) is 0 Å². The van der Waals surface area contributed by atoms with E-state index < -0.39 is 16.1 Å². The highest BCUT2D eigenvalue weighted by molar-refractivity contribution is 7.92. The summed E-state index contributed by atoms with van der Waals surface area (Å²) in [5.41, 5.74) is 3.43. The Morgan fingerprint density at radius 1 is 0.952 bits per heavy atom. The summed E-state index contributed by atoms with van der Waals surface area (Å²) in [5.74, 6) is -0.345. The molecule has 0 bridgehead atoms. The molecule has 7 nitrogen and oxygen atoms in total. The molecule has 3 aromatic carbocycles. The molecule has 3 aromatic rings. The maximum absolute atomic E-state index is 14.0. The number of sulfonamides is 1. The minimum absolute atomic E-state index is 0.0837. The van der Waals surface area contributed by atoms with Crippen molar-refractivity contribution in [1.82, 2.24) is 10.2 Å². The van der Waals surface area contributed by atoms with Gasteiger partial charge in [-0.1, -0.05) is 90.7 Å². The molecule has 42 heavy (non-hydrogen) atoms. The number of nitrogens with one attached hydrogen (secondary N) is 1. The lowest BCUT2D eigenvalue weighted by molar-refractivity contribution is -0.141. The molecule has 1 aliphatic rings. The number of amides is 2. The zero-order chi connectivity index (χ0) is 30.1. The van der Waals surface area contributed by atoms with Gasteiger partial charge in [-0.05, 0) is 55.5 Å². The molecule has 0 saturated heterocycles. The van der Waals surface area contributed by atoms with Gasteiger partial charge in [0.05, 0.1) is 11.9 Å². The number of rotatable bonds is 13. The van der Waals surface area contributed by atoms with Crippen molar-refractivity contribution in [3.05, 3.63) is 101 Å². The Bertz CT molecular complexity index is 1460. The van der Waals surface area contributed by atoms with Crippen molar-refractivity contribution in [1.29, 1.82) is 0 Å². The van der Waals surface area contributed by atoms with Gasteiger partial charge in [0.2, 0.25) is 21.8 Å². The largest absolute Gasteiger partial charge is 0.352 e. The molecule has 0 aromatic heterocycles. The van der Waals surface area contributed by atoms with Crippen molar-refractivity contribution in [3.8, 4) is 0 Å². The van der Waals surface area contributed by atoms with Crippen LogP contribution in [-0.2, 0) is 32.6 Å². The summed E-state index contributed by atoms with van der Waals surface area (Å²) in [4.78, 5) is 29.5. The van der Waals surface area contributed by atoms with E-state index in [2.05, 4.69) is 5.32 Å². The van der Waals surface area contributed by atoms with E-state index in [-0.39, 0.29) is 43.8 Å². The fourth-order valence-corrected chi connectivity index (χ4v) is 6.71. The first-order valence-corrected chi connectivity index (χ1v) is 16.8. The second-order valence-corrected chi connectivity index (χ2v) is 13.5. The highest BCUT2D eigenvalue weighted by Gasteiger charge is 2.32. The number of hydrogen-bond acceptors (Lipinski definition) is 4. The average molecular weight is 610 g/mol. The molecule has 0 unspecified atom stereocenters. The first kappa shape index (κ1) is 31.6. The SMILES string of the molecule is Cc1cccc(CN(C(=O)CCCN(c2cccc(Cl)c2)S(C)(=O)=O)[C@H](Cc2ccccc2)C(=O)NC2CCCC2)c1. The summed E-state index contributed by atoms with van der Waals surface area (Å²) in [6.45, 7) is 2.39. The zero-order valence-corrected chi connectivity index (χ0v) is 25.9. The molecule has 9 heteroatoms. The Labute approximate surface area is 254 Å². The van der Waals surface area contributed by atoms with E-state index in [9.17, 15) is 18.0 Å². The number of aryl methyl sites for hydroxylation is 1. The Kier molecular flexibility index (Phi) is 11.0. The smallest absolute Gasteiger partial charge is 0.243 e. The lowest BCUT2D eigenvalue weighted by Gasteiger charge is -2.33. The summed E-state index contributed by atoms with van der Waals surface area (Å²) in [6, 6.07) is 23.8. The Morgan fingerprint density at radius 3 is 2.31 bits per heavy atom. The van der Waals surface area contributed by atoms with Crippen molar-refractivity contribution in [3.63, 3.8) is 0 Å². The van der Waals surface area contributed by atoms with Crippen LogP contribution in [0, 0.1) is 6.92 Å². The Morgan fingerprint density at radius 2 is 1.64 bits per heavy atom. The number of carbonyl (C=O) groups excluding carboxylic acids is 2. The van der Waals surface area contributed by atoms with Gasteiger partial charge in [0.25, 0.3) is 0 Å². The molecule has 0 aliphatic heterocycles. The number of anilines is 1. The van der Waals surface area contributed by atoms with E-state index in [0.29, 0.717) is 17.1 Å². The third kappa shape index (κ3) is 9.07. The van der Waals surface area contributed by atoms with Gasteiger partial charge >= 0.3 is 0 Å². The molecule has 1 N–H and O–H groups in total. The van der Waals surface area contributed by atoms with E-state index in [0.717, 1.165) is 48.6 Å². The van der Waals surface area contributed by atoms with E-state index in [1.165, 1.54) is 4.31 Å². The maximum Gasteiger partial charge on any atom is 0.243 e. The standard InChI is InChI=1S/C33H40ClN3O4S/c1-25-11-8-14-27(21-25)24-36(31(22-26-12-4-3-5-13-26)33(39)35-29-16-6-7-17-29)32(38)19-10-20-37(42(2,40)41)30-18-9-15-28(34)23-30/h3-5,8-9,11-15,18,21,23,29,31H,6-7,10,16-17,19-20,22,24H2,1-2H3,(H,35,39)/t31-/m1/s1. The average Bonchev–Trinajstić information content (AvgIpc) is 3.46. The van der Waals surface area contributed by atoms with Crippen LogP contribution in [0.5, 0.6) is 0 Å². The van der Waals surface area contributed by atoms with Crippen LogP contribution in [-0.4, -0.2) is 50.0 Å². The van der Waals surface area contributed by atoms with Crippen LogP contribution < -0.4 is 9.62 Å². The number of benzene rings is 3. The Hall–Kier alpha value is -3.36. The minimum Gasteiger partial charge on any atom is -0.352 e. The maximum atomic E-state index is 14.0. The summed E-state index contributed by atoms with van der Waals surface area (Å²) < 4.78 is 26.5. The minimum atomic E-state index is -3.60. The van der Waals surface area contributed by atoms with Gasteiger partial charge in [0.1, 0.15) is 6.04 Å². The summed E-state index contributed by atoms with van der Waals surface area (Å²) >= 11 is 6.12. The topological polar surface area (TPSA) is 86.8 Å². The van der Waals surface area contributed by atoms with Gasteiger partial charge in [-0.3, -0.25) is 13.9 Å². The fourth-order valence-electron chi connectivity index (χ4n) is 5.56. The van der Waals surface area contributed by atoms with Crippen molar-refractivity contribution < 1.29 is 18.0 Å². The van der Waals surface area contributed by atoms with Crippen molar-refractivity contribution in [2.45, 2.75) is 70.5 Å². The molecule has 1 aliphatic carbocycles. The third-order valence-electron chi connectivity index (χ3n) is 7.66. The fraction of sp³-hybridized carbons (Fsp3) is 0.394. The van der Waals surface area contributed by atoms with E-state index in [1.54, 1.807) is 29.2 Å². The number of nitrogens with zero attached hydrogens (tertiary/aromatic N) is 2. The van der Waals surface area contributed by atoms with Gasteiger partial charge in [0.15, 0.2) is 0 Å². The predicted octanol–water partition coefficient (Wildman–Crippen LogP) is 5.89. The lowest BCUT2D eigenvalue weighted by Crippen LogP contribution is -2.52. The molecule has 4 rings (SSSR count). The van der Waals surface area contributed by atoms with Crippen LogP contribution in [0.3, 0.4) is 0 Å². The first-order valence-electron chi connectivity index (χ1n) is 14.5. The van der Waals surface area contributed by atoms with E-state index in [1.807, 2.05) is 61.5 Å². The molecule has 224 valence electrons. The molecule has 0 spiro atoms. The summed E-state index contributed by atoms with van der Waals surface area (Å²) in [6.07, 6.45) is 5.96. The van der Waals surface area contributed by atoms with Crippen LogP contribution in [0.1, 0.15) is 55.2 Å². The van der Waals surface area contributed by atoms with Crippen molar-refractivity contribution in [2.24, 2.45) is 0 Å². The number of carbonyl (C=O) groups is 2. The first-order chi connectivity index (χ1) is 20.1. The zero-order valence-electron chi connectivity index (χ0n) is 24.3. The molecule has 0 radical (unpaired) electrons. The number of halogens is 1. The van der Waals surface area contributed by atoms with Gasteiger partial charge in [0, 0.05) is 37.0 Å². The third-order valence-corrected chi connectivity index (χ3v) is 9.09.